The van der Waals surface area contributed by atoms with Gasteiger partial charge in [-0.25, -0.2) is 9.07 Å². The van der Waals surface area contributed by atoms with Crippen LogP contribution in [0.15, 0.2) is 42.5 Å². The Balaban J connectivity index is 1.92. The maximum atomic E-state index is 13.8. The number of nitro groups is 1. The van der Waals surface area contributed by atoms with Gasteiger partial charge < -0.3 is 10.1 Å². The molecule has 140 valence electrons. The van der Waals surface area contributed by atoms with E-state index in [1.54, 1.807) is 0 Å². The number of aromatic nitrogens is 2. The zero-order valence-electron chi connectivity index (χ0n) is 15.2. The highest BCUT2D eigenvalue weighted by molar-refractivity contribution is 5.65. The third-order valence-electron chi connectivity index (χ3n) is 4.36. The fourth-order valence-electron chi connectivity index (χ4n) is 2.93. The van der Waals surface area contributed by atoms with E-state index in [0.717, 1.165) is 28.7 Å². The molecule has 0 aliphatic rings. The maximum Gasteiger partial charge on any atom is 0.295 e. The van der Waals surface area contributed by atoms with Crippen LogP contribution in [0.2, 0.25) is 0 Å². The molecule has 0 fully saturated rings. The van der Waals surface area contributed by atoms with Crippen LogP contribution in [0, 0.1) is 29.8 Å². The van der Waals surface area contributed by atoms with Gasteiger partial charge in [0.15, 0.2) is 11.6 Å². The Morgan fingerprint density at radius 2 is 1.96 bits per heavy atom. The van der Waals surface area contributed by atoms with Gasteiger partial charge in [-0.3, -0.25) is 10.1 Å². The van der Waals surface area contributed by atoms with E-state index in [2.05, 4.69) is 10.4 Å². The Kier molecular flexibility index (Phi) is 5.07. The van der Waals surface area contributed by atoms with E-state index < -0.39 is 10.7 Å². The molecule has 0 aliphatic carbocycles. The fourth-order valence-corrected chi connectivity index (χ4v) is 2.93. The smallest absolute Gasteiger partial charge is 0.295 e. The van der Waals surface area contributed by atoms with Gasteiger partial charge in [0.1, 0.15) is 5.69 Å². The lowest BCUT2D eigenvalue weighted by Crippen LogP contribution is -2.06. The number of benzene rings is 2. The second-order valence-corrected chi connectivity index (χ2v) is 6.01. The largest absolute Gasteiger partial charge is 0.494 e. The quantitative estimate of drug-likeness (QED) is 0.520. The van der Waals surface area contributed by atoms with E-state index >= 15 is 0 Å². The summed E-state index contributed by atoms with van der Waals surface area (Å²) in [5.41, 5.74) is 3.40. The molecule has 0 amide bonds. The second kappa shape index (κ2) is 7.45. The van der Waals surface area contributed by atoms with Crippen molar-refractivity contribution in [2.75, 3.05) is 12.4 Å². The SMILES string of the molecule is COc1cc(NCc2c(C)nn(-c3ccccc3)c2C)c([N+](=O)[O-])cc1F. The summed E-state index contributed by atoms with van der Waals surface area (Å²) in [5.74, 6) is -0.837. The topological polar surface area (TPSA) is 82.2 Å². The van der Waals surface area contributed by atoms with Crippen LogP contribution >= 0.6 is 0 Å². The molecule has 8 heteroatoms. The molecule has 0 unspecified atom stereocenters. The van der Waals surface area contributed by atoms with Crippen molar-refractivity contribution in [1.29, 1.82) is 0 Å². The van der Waals surface area contributed by atoms with Gasteiger partial charge in [-0.15, -0.1) is 0 Å². The van der Waals surface area contributed by atoms with E-state index in [1.807, 2.05) is 48.9 Å². The molecular formula is C19H19FN4O3. The van der Waals surface area contributed by atoms with Crippen molar-refractivity contribution in [3.63, 3.8) is 0 Å². The molecule has 0 atom stereocenters. The predicted molar refractivity (Wildman–Crippen MR) is 100.0 cm³/mol. The minimum absolute atomic E-state index is 0.0588. The first-order chi connectivity index (χ1) is 12.9. The van der Waals surface area contributed by atoms with Crippen molar-refractivity contribution in [2.45, 2.75) is 20.4 Å². The van der Waals surface area contributed by atoms with Crippen molar-refractivity contribution in [2.24, 2.45) is 0 Å². The van der Waals surface area contributed by atoms with E-state index in [-0.39, 0.29) is 17.1 Å². The molecule has 1 aromatic heterocycles. The van der Waals surface area contributed by atoms with Crippen LogP contribution in [0.1, 0.15) is 17.0 Å². The number of nitrogens with one attached hydrogen (secondary N) is 1. The van der Waals surface area contributed by atoms with E-state index in [0.29, 0.717) is 6.54 Å². The highest BCUT2D eigenvalue weighted by atomic mass is 19.1. The van der Waals surface area contributed by atoms with Gasteiger partial charge in [-0.1, -0.05) is 18.2 Å². The van der Waals surface area contributed by atoms with Gasteiger partial charge in [0.2, 0.25) is 0 Å². The summed E-state index contributed by atoms with van der Waals surface area (Å²) < 4.78 is 20.6. The Morgan fingerprint density at radius 3 is 2.59 bits per heavy atom. The van der Waals surface area contributed by atoms with Crippen LogP contribution in [-0.4, -0.2) is 21.8 Å². The van der Waals surface area contributed by atoms with Gasteiger partial charge in [0.05, 0.1) is 29.5 Å². The zero-order chi connectivity index (χ0) is 19.6. The summed E-state index contributed by atoms with van der Waals surface area (Å²) in [6.07, 6.45) is 0. The molecule has 0 spiro atoms. The van der Waals surface area contributed by atoms with Gasteiger partial charge in [-0.2, -0.15) is 5.10 Å². The summed E-state index contributed by atoms with van der Waals surface area (Å²) in [6, 6.07) is 11.8. The third kappa shape index (κ3) is 3.59. The Morgan fingerprint density at radius 1 is 1.26 bits per heavy atom. The molecule has 2 aromatic carbocycles. The van der Waals surface area contributed by atoms with Gasteiger partial charge >= 0.3 is 0 Å². The minimum Gasteiger partial charge on any atom is -0.494 e. The Hall–Kier alpha value is -3.42. The lowest BCUT2D eigenvalue weighted by atomic mass is 10.1. The number of nitro benzene ring substituents is 1. The molecule has 0 aliphatic heterocycles. The molecule has 0 saturated carbocycles. The molecule has 3 aromatic rings. The number of halogens is 1. The van der Waals surface area contributed by atoms with Crippen LogP contribution in [0.25, 0.3) is 5.69 Å². The normalized spacial score (nSPS) is 10.7. The first-order valence-corrected chi connectivity index (χ1v) is 8.28. The first-order valence-electron chi connectivity index (χ1n) is 8.28. The van der Waals surface area contributed by atoms with E-state index in [4.69, 9.17) is 4.74 Å². The standard InChI is InChI=1S/C19H19FN4O3/c1-12-15(13(2)23(22-12)14-7-5-4-6-8-14)11-21-17-10-19(27-3)16(20)9-18(17)24(25)26/h4-10,21H,11H2,1-3H3. The first kappa shape index (κ1) is 18.4. The summed E-state index contributed by atoms with van der Waals surface area (Å²) in [5, 5.41) is 18.8. The van der Waals surface area contributed by atoms with E-state index in [1.165, 1.54) is 13.2 Å². The lowest BCUT2D eigenvalue weighted by Gasteiger charge is -2.10. The van der Waals surface area contributed by atoms with Crippen molar-refractivity contribution in [1.82, 2.24) is 9.78 Å². The highest BCUT2D eigenvalue weighted by Crippen LogP contribution is 2.32. The molecule has 0 radical (unpaired) electrons. The van der Waals surface area contributed by atoms with Crippen molar-refractivity contribution in [3.8, 4) is 11.4 Å². The molecular weight excluding hydrogens is 351 g/mol. The van der Waals surface area contributed by atoms with Crippen molar-refractivity contribution < 1.29 is 14.1 Å². The number of hydrogen-bond donors (Lipinski definition) is 1. The molecule has 1 heterocycles. The third-order valence-corrected chi connectivity index (χ3v) is 4.36. The molecule has 0 bridgehead atoms. The van der Waals surface area contributed by atoms with Crippen LogP contribution in [0.5, 0.6) is 5.75 Å². The number of aryl methyl sites for hydroxylation is 1. The molecule has 0 saturated heterocycles. The minimum atomic E-state index is -0.779. The number of hydrogen-bond acceptors (Lipinski definition) is 5. The Bertz CT molecular complexity index is 986. The predicted octanol–water partition coefficient (Wildman–Crippen LogP) is 4.16. The zero-order valence-corrected chi connectivity index (χ0v) is 15.2. The number of rotatable bonds is 6. The summed E-state index contributed by atoms with van der Waals surface area (Å²) >= 11 is 0. The second-order valence-electron chi connectivity index (χ2n) is 6.01. The maximum absolute atomic E-state index is 13.8. The summed E-state index contributed by atoms with van der Waals surface area (Å²) in [6.45, 7) is 4.12. The number of para-hydroxylation sites is 1. The average molecular weight is 370 g/mol. The summed E-state index contributed by atoms with van der Waals surface area (Å²) in [4.78, 5) is 10.6. The average Bonchev–Trinajstić information content (AvgIpc) is 2.95. The van der Waals surface area contributed by atoms with Crippen molar-refractivity contribution in [3.05, 3.63) is 75.3 Å². The van der Waals surface area contributed by atoms with E-state index in [9.17, 15) is 14.5 Å². The number of methoxy groups -OCH3 is 1. The van der Waals surface area contributed by atoms with Crippen LogP contribution in [0.3, 0.4) is 0 Å². The molecule has 1 N–H and O–H groups in total. The van der Waals surface area contributed by atoms with Gasteiger partial charge in [0, 0.05) is 23.9 Å². The van der Waals surface area contributed by atoms with Crippen LogP contribution in [0.4, 0.5) is 15.8 Å². The highest BCUT2D eigenvalue weighted by Gasteiger charge is 2.20. The summed E-state index contributed by atoms with van der Waals surface area (Å²) in [7, 11) is 1.31. The lowest BCUT2D eigenvalue weighted by molar-refractivity contribution is -0.384. The number of ether oxygens (including phenoxy) is 1. The van der Waals surface area contributed by atoms with Crippen molar-refractivity contribution >= 4 is 11.4 Å². The fraction of sp³-hybridized carbons (Fsp3) is 0.211. The Labute approximate surface area is 155 Å². The molecule has 27 heavy (non-hydrogen) atoms. The van der Waals surface area contributed by atoms with Gasteiger partial charge in [0.25, 0.3) is 5.69 Å². The van der Waals surface area contributed by atoms with Crippen LogP contribution in [-0.2, 0) is 6.54 Å². The van der Waals surface area contributed by atoms with Crippen LogP contribution < -0.4 is 10.1 Å². The molecule has 3 rings (SSSR count). The number of anilines is 1. The monoisotopic (exact) mass is 370 g/mol. The molecule has 7 nitrogen and oxygen atoms in total. The van der Waals surface area contributed by atoms with Gasteiger partial charge in [-0.05, 0) is 26.0 Å². The number of nitrogens with zero attached hydrogens (tertiary/aromatic N) is 3.